The van der Waals surface area contributed by atoms with Crippen molar-refractivity contribution < 1.29 is 0 Å². The van der Waals surface area contributed by atoms with Crippen LogP contribution in [-0.2, 0) is 7.05 Å². The fraction of sp³-hybridized carbons (Fsp3) is 0.727. The first-order valence-corrected chi connectivity index (χ1v) is 6.93. The number of aryl methyl sites for hydroxylation is 1. The Morgan fingerprint density at radius 3 is 2.88 bits per heavy atom. The van der Waals surface area contributed by atoms with Gasteiger partial charge >= 0.3 is 0 Å². The number of nitrogens with one attached hydrogen (secondary N) is 1. The van der Waals surface area contributed by atoms with Gasteiger partial charge in [0.05, 0.1) is 23.0 Å². The maximum Gasteiger partial charge on any atom is 0.0834 e. The maximum absolute atomic E-state index is 6.23. The van der Waals surface area contributed by atoms with Gasteiger partial charge in [-0.3, -0.25) is 4.68 Å². The van der Waals surface area contributed by atoms with Gasteiger partial charge in [0.15, 0.2) is 0 Å². The van der Waals surface area contributed by atoms with Crippen LogP contribution in [0.15, 0.2) is 6.20 Å². The zero-order valence-electron chi connectivity index (χ0n) is 9.96. The van der Waals surface area contributed by atoms with Gasteiger partial charge in [0.1, 0.15) is 0 Å². The Hall–Kier alpha value is -0.190. The molecule has 0 saturated carbocycles. The molecule has 1 fully saturated rings. The van der Waals surface area contributed by atoms with Crippen LogP contribution >= 0.6 is 23.4 Å². The summed E-state index contributed by atoms with van der Waals surface area (Å²) < 4.78 is 2.11. The molecule has 1 aliphatic rings. The number of halogens is 1. The lowest BCUT2D eigenvalue weighted by Crippen LogP contribution is -2.37. The van der Waals surface area contributed by atoms with Crippen molar-refractivity contribution >= 4 is 23.4 Å². The standard InChI is InChI=1S/C11H18ClN3S/c1-11(5-4-6-16-11)10(13-2)9-8(12)7-14-15(9)3/h7,10,13H,4-6H2,1-3H3. The van der Waals surface area contributed by atoms with Crippen LogP contribution in [0.4, 0.5) is 0 Å². The van der Waals surface area contributed by atoms with Crippen molar-refractivity contribution in [3.63, 3.8) is 0 Å². The number of hydrogen-bond donors (Lipinski definition) is 1. The van der Waals surface area contributed by atoms with Crippen LogP contribution < -0.4 is 5.32 Å². The highest BCUT2D eigenvalue weighted by Crippen LogP contribution is 2.47. The van der Waals surface area contributed by atoms with E-state index in [0.717, 1.165) is 10.7 Å². The van der Waals surface area contributed by atoms with Gasteiger partial charge in [0.2, 0.25) is 0 Å². The van der Waals surface area contributed by atoms with Gasteiger partial charge in [-0.05, 0) is 32.6 Å². The molecule has 0 spiro atoms. The molecule has 1 aromatic rings. The van der Waals surface area contributed by atoms with Crippen LogP contribution in [0.25, 0.3) is 0 Å². The summed E-state index contributed by atoms with van der Waals surface area (Å²) in [5.74, 6) is 1.24. The summed E-state index contributed by atoms with van der Waals surface area (Å²) in [4.78, 5) is 0. The third-order valence-corrected chi connectivity index (χ3v) is 5.24. The summed E-state index contributed by atoms with van der Waals surface area (Å²) in [5.41, 5.74) is 1.10. The predicted octanol–water partition coefficient (Wildman–Crippen LogP) is 2.62. The summed E-state index contributed by atoms with van der Waals surface area (Å²) in [7, 11) is 3.95. The van der Waals surface area contributed by atoms with Gasteiger partial charge in [-0.1, -0.05) is 11.6 Å². The van der Waals surface area contributed by atoms with E-state index in [0.29, 0.717) is 0 Å². The van der Waals surface area contributed by atoms with Crippen LogP contribution in [0.1, 0.15) is 31.5 Å². The molecule has 0 radical (unpaired) electrons. The molecule has 2 rings (SSSR count). The Morgan fingerprint density at radius 2 is 2.44 bits per heavy atom. The van der Waals surface area contributed by atoms with Crippen molar-refractivity contribution in [1.82, 2.24) is 15.1 Å². The molecule has 2 heterocycles. The average Bonchev–Trinajstić information content (AvgIpc) is 2.80. The predicted molar refractivity (Wildman–Crippen MR) is 70.1 cm³/mol. The zero-order chi connectivity index (χ0) is 11.8. The van der Waals surface area contributed by atoms with Crippen LogP contribution in [-0.4, -0.2) is 27.3 Å². The van der Waals surface area contributed by atoms with E-state index >= 15 is 0 Å². The fourth-order valence-corrected chi connectivity index (χ4v) is 4.22. The molecule has 0 aromatic carbocycles. The van der Waals surface area contributed by atoms with Crippen molar-refractivity contribution in [2.24, 2.45) is 7.05 Å². The van der Waals surface area contributed by atoms with Crippen LogP contribution in [0.5, 0.6) is 0 Å². The highest BCUT2D eigenvalue weighted by Gasteiger charge is 2.40. The summed E-state index contributed by atoms with van der Waals surface area (Å²) >= 11 is 8.26. The summed E-state index contributed by atoms with van der Waals surface area (Å²) in [6.45, 7) is 2.31. The first-order chi connectivity index (χ1) is 7.58. The van der Waals surface area contributed by atoms with Gasteiger partial charge < -0.3 is 5.32 Å². The zero-order valence-corrected chi connectivity index (χ0v) is 11.5. The molecule has 3 nitrogen and oxygen atoms in total. The van der Waals surface area contributed by atoms with Gasteiger partial charge in [-0.15, -0.1) is 0 Å². The lowest BCUT2D eigenvalue weighted by atomic mass is 9.93. The van der Waals surface area contributed by atoms with E-state index < -0.39 is 0 Å². The summed E-state index contributed by atoms with van der Waals surface area (Å²) in [5, 5.41) is 8.39. The molecular formula is C11H18ClN3S. The minimum Gasteiger partial charge on any atom is -0.311 e. The molecule has 0 aliphatic carbocycles. The monoisotopic (exact) mass is 259 g/mol. The highest BCUT2D eigenvalue weighted by atomic mass is 35.5. The van der Waals surface area contributed by atoms with Crippen molar-refractivity contribution in [2.45, 2.75) is 30.6 Å². The van der Waals surface area contributed by atoms with Gasteiger partial charge in [-0.2, -0.15) is 16.9 Å². The summed E-state index contributed by atoms with van der Waals surface area (Å²) in [6.07, 6.45) is 4.24. The SMILES string of the molecule is CNC(c1c(Cl)cnn1C)C1(C)CCCS1. The first kappa shape index (κ1) is 12.3. The number of thioether (sulfide) groups is 1. The molecule has 2 atom stereocenters. The van der Waals surface area contributed by atoms with Gasteiger partial charge in [0.25, 0.3) is 0 Å². The number of nitrogens with zero attached hydrogens (tertiary/aromatic N) is 2. The topological polar surface area (TPSA) is 29.9 Å². The molecule has 0 bridgehead atoms. The van der Waals surface area contributed by atoms with Crippen LogP contribution in [0.2, 0.25) is 5.02 Å². The smallest absolute Gasteiger partial charge is 0.0834 e. The molecule has 5 heteroatoms. The first-order valence-electron chi connectivity index (χ1n) is 5.57. The lowest BCUT2D eigenvalue weighted by Gasteiger charge is -2.33. The second-order valence-corrected chi connectivity index (χ2v) is 6.52. The molecule has 0 amide bonds. The molecule has 1 saturated heterocycles. The molecule has 1 aliphatic heterocycles. The van der Waals surface area contributed by atoms with Crippen molar-refractivity contribution in [3.8, 4) is 0 Å². The third kappa shape index (κ3) is 1.98. The van der Waals surface area contributed by atoms with E-state index in [1.54, 1.807) is 6.20 Å². The Balaban J connectivity index is 2.36. The van der Waals surface area contributed by atoms with E-state index in [1.165, 1.54) is 18.6 Å². The van der Waals surface area contributed by atoms with Crippen molar-refractivity contribution in [3.05, 3.63) is 16.9 Å². The Kier molecular flexibility index (Phi) is 3.52. The highest BCUT2D eigenvalue weighted by molar-refractivity contribution is 8.00. The third-order valence-electron chi connectivity index (χ3n) is 3.36. The van der Waals surface area contributed by atoms with E-state index in [-0.39, 0.29) is 10.8 Å². The molecule has 2 unspecified atom stereocenters. The fourth-order valence-electron chi connectivity index (χ4n) is 2.50. The van der Waals surface area contributed by atoms with Crippen molar-refractivity contribution in [1.29, 1.82) is 0 Å². The van der Waals surface area contributed by atoms with E-state index in [1.807, 2.05) is 30.5 Å². The van der Waals surface area contributed by atoms with E-state index in [2.05, 4.69) is 17.3 Å². The minimum absolute atomic E-state index is 0.228. The average molecular weight is 260 g/mol. The second-order valence-electron chi connectivity index (χ2n) is 4.49. The lowest BCUT2D eigenvalue weighted by molar-refractivity contribution is 0.417. The van der Waals surface area contributed by atoms with E-state index in [4.69, 9.17) is 11.6 Å². The minimum atomic E-state index is 0.228. The maximum atomic E-state index is 6.23. The Morgan fingerprint density at radius 1 is 1.69 bits per heavy atom. The Bertz CT molecular complexity index is 352. The Labute approximate surface area is 106 Å². The molecule has 1 aromatic heterocycles. The van der Waals surface area contributed by atoms with Crippen molar-refractivity contribution in [2.75, 3.05) is 12.8 Å². The number of rotatable bonds is 3. The molecule has 90 valence electrons. The van der Waals surface area contributed by atoms with E-state index in [9.17, 15) is 0 Å². The van der Waals surface area contributed by atoms with Crippen LogP contribution in [0.3, 0.4) is 0 Å². The normalized spacial score (nSPS) is 27.2. The largest absolute Gasteiger partial charge is 0.311 e. The quantitative estimate of drug-likeness (QED) is 0.905. The number of aromatic nitrogens is 2. The molecular weight excluding hydrogens is 242 g/mol. The van der Waals surface area contributed by atoms with Gasteiger partial charge in [0, 0.05) is 11.8 Å². The molecule has 1 N–H and O–H groups in total. The van der Waals surface area contributed by atoms with Crippen LogP contribution in [0, 0.1) is 0 Å². The summed E-state index contributed by atoms with van der Waals surface area (Å²) in [6, 6.07) is 0.264. The van der Waals surface area contributed by atoms with Gasteiger partial charge in [-0.25, -0.2) is 0 Å². The second kappa shape index (κ2) is 4.59. The number of hydrogen-bond acceptors (Lipinski definition) is 3. The molecule has 16 heavy (non-hydrogen) atoms.